The van der Waals surface area contributed by atoms with Gasteiger partial charge < -0.3 is 10.0 Å². The molecule has 0 aromatic rings. The Labute approximate surface area is 90.3 Å². The third kappa shape index (κ3) is 1.98. The van der Waals surface area contributed by atoms with Crippen molar-refractivity contribution in [2.75, 3.05) is 13.1 Å². The van der Waals surface area contributed by atoms with Crippen molar-refractivity contribution in [2.24, 2.45) is 5.41 Å². The van der Waals surface area contributed by atoms with Crippen molar-refractivity contribution in [3.05, 3.63) is 0 Å². The first-order valence-corrected chi connectivity index (χ1v) is 5.61. The number of carboxylic acid groups (broad SMARTS) is 1. The fourth-order valence-corrected chi connectivity index (χ4v) is 2.03. The van der Waals surface area contributed by atoms with Crippen LogP contribution in [-0.2, 0) is 9.59 Å². The molecule has 4 heteroatoms. The van der Waals surface area contributed by atoms with Gasteiger partial charge in [-0.25, -0.2) is 0 Å². The van der Waals surface area contributed by atoms with Crippen molar-refractivity contribution < 1.29 is 14.7 Å². The quantitative estimate of drug-likeness (QED) is 0.704. The van der Waals surface area contributed by atoms with E-state index < -0.39 is 11.4 Å². The Bertz CT molecular complexity index is 259. The zero-order chi connectivity index (χ0) is 11.5. The van der Waals surface area contributed by atoms with Gasteiger partial charge in [0.05, 0.1) is 0 Å². The van der Waals surface area contributed by atoms with Crippen LogP contribution in [0.15, 0.2) is 0 Å². The Hall–Kier alpha value is -1.06. The summed E-state index contributed by atoms with van der Waals surface area (Å²) in [6.45, 7) is 5.14. The second-order valence-corrected chi connectivity index (χ2v) is 4.13. The first kappa shape index (κ1) is 12.0. The van der Waals surface area contributed by atoms with Crippen LogP contribution in [0.5, 0.6) is 0 Å². The first-order chi connectivity index (χ1) is 7.08. The van der Waals surface area contributed by atoms with Gasteiger partial charge in [0.25, 0.3) is 0 Å². The van der Waals surface area contributed by atoms with Crippen molar-refractivity contribution in [1.82, 2.24) is 4.90 Å². The number of carboxylic acids is 1. The summed E-state index contributed by atoms with van der Waals surface area (Å²) < 4.78 is 0. The summed E-state index contributed by atoms with van der Waals surface area (Å²) in [5.74, 6) is -1.14. The normalized spacial score (nSPS) is 18.0. The maximum Gasteiger partial charge on any atom is 0.319 e. The van der Waals surface area contributed by atoms with Gasteiger partial charge in [-0.1, -0.05) is 13.3 Å². The lowest BCUT2D eigenvalue weighted by atomic mass is 9.67. The van der Waals surface area contributed by atoms with Crippen molar-refractivity contribution in [2.45, 2.75) is 39.5 Å². The van der Waals surface area contributed by atoms with Gasteiger partial charge in [-0.15, -0.1) is 0 Å². The smallest absolute Gasteiger partial charge is 0.319 e. The molecule has 0 unspecified atom stereocenters. The zero-order valence-electron chi connectivity index (χ0n) is 9.45. The second-order valence-electron chi connectivity index (χ2n) is 4.13. The maximum atomic E-state index is 12.1. The largest absolute Gasteiger partial charge is 0.480 e. The molecule has 0 spiro atoms. The number of aliphatic carboxylic acids is 1. The van der Waals surface area contributed by atoms with Crippen LogP contribution in [0.4, 0.5) is 0 Å². The Kier molecular flexibility index (Phi) is 3.72. The van der Waals surface area contributed by atoms with Gasteiger partial charge in [0.15, 0.2) is 0 Å². The van der Waals surface area contributed by atoms with E-state index in [4.69, 9.17) is 5.11 Å². The lowest BCUT2D eigenvalue weighted by Gasteiger charge is -2.39. The number of hydrogen-bond acceptors (Lipinski definition) is 2. The topological polar surface area (TPSA) is 57.6 Å². The van der Waals surface area contributed by atoms with Crippen molar-refractivity contribution >= 4 is 11.9 Å². The number of amides is 1. The summed E-state index contributed by atoms with van der Waals surface area (Å²) >= 11 is 0. The van der Waals surface area contributed by atoms with Crippen molar-refractivity contribution in [3.8, 4) is 0 Å². The minimum Gasteiger partial charge on any atom is -0.480 e. The molecule has 0 aromatic carbocycles. The van der Waals surface area contributed by atoms with Gasteiger partial charge in [0.2, 0.25) is 5.91 Å². The molecule has 0 heterocycles. The van der Waals surface area contributed by atoms with Gasteiger partial charge in [-0.2, -0.15) is 0 Å². The third-order valence-corrected chi connectivity index (χ3v) is 3.19. The molecule has 86 valence electrons. The number of carbonyl (C=O) groups excluding carboxylic acids is 1. The van der Waals surface area contributed by atoms with Crippen LogP contribution >= 0.6 is 0 Å². The molecule has 1 fully saturated rings. The van der Waals surface area contributed by atoms with Crippen LogP contribution in [0.1, 0.15) is 39.5 Å². The SMILES string of the molecule is CCCN(CC)C(=O)C1(C(=O)O)CCC1. The highest BCUT2D eigenvalue weighted by atomic mass is 16.4. The minimum absolute atomic E-state index is 0.189. The standard InChI is InChI=1S/C11H19NO3/c1-3-8-12(4-2)9(13)11(10(14)15)6-5-7-11/h3-8H2,1-2H3,(H,14,15). The summed E-state index contributed by atoms with van der Waals surface area (Å²) in [6, 6.07) is 0. The fraction of sp³-hybridized carbons (Fsp3) is 0.818. The molecule has 0 bridgehead atoms. The van der Waals surface area contributed by atoms with Crippen LogP contribution in [-0.4, -0.2) is 35.0 Å². The Morgan fingerprint density at radius 3 is 2.20 bits per heavy atom. The van der Waals surface area contributed by atoms with E-state index in [9.17, 15) is 9.59 Å². The molecule has 0 atom stereocenters. The molecule has 1 aliphatic rings. The van der Waals surface area contributed by atoms with E-state index in [1.54, 1.807) is 4.90 Å². The monoisotopic (exact) mass is 213 g/mol. The lowest BCUT2D eigenvalue weighted by molar-refractivity contribution is -0.167. The fourth-order valence-electron chi connectivity index (χ4n) is 2.03. The van der Waals surface area contributed by atoms with E-state index in [1.807, 2.05) is 13.8 Å². The third-order valence-electron chi connectivity index (χ3n) is 3.19. The van der Waals surface area contributed by atoms with Crippen LogP contribution in [0.2, 0.25) is 0 Å². The van der Waals surface area contributed by atoms with Crippen LogP contribution in [0, 0.1) is 5.41 Å². The summed E-state index contributed by atoms with van der Waals surface area (Å²) in [7, 11) is 0. The Morgan fingerprint density at radius 2 is 1.93 bits per heavy atom. The van der Waals surface area contributed by atoms with Crippen molar-refractivity contribution in [3.63, 3.8) is 0 Å². The summed E-state index contributed by atoms with van der Waals surface area (Å²) in [6.07, 6.45) is 2.72. The minimum atomic E-state index is -1.09. The molecule has 1 N–H and O–H groups in total. The molecule has 4 nitrogen and oxygen atoms in total. The molecule has 15 heavy (non-hydrogen) atoms. The number of carbonyl (C=O) groups is 2. The number of nitrogens with zero attached hydrogens (tertiary/aromatic N) is 1. The molecule has 1 aliphatic carbocycles. The average Bonchev–Trinajstić information content (AvgIpc) is 2.11. The molecular weight excluding hydrogens is 194 g/mol. The summed E-state index contributed by atoms with van der Waals surface area (Å²) in [5.41, 5.74) is -1.09. The first-order valence-electron chi connectivity index (χ1n) is 5.61. The average molecular weight is 213 g/mol. The molecule has 1 rings (SSSR count). The Morgan fingerprint density at radius 1 is 1.33 bits per heavy atom. The molecule has 0 saturated heterocycles. The molecule has 0 aromatic heterocycles. The molecule has 0 radical (unpaired) electrons. The summed E-state index contributed by atoms with van der Waals surface area (Å²) in [4.78, 5) is 24.8. The van der Waals surface area contributed by atoms with E-state index in [-0.39, 0.29) is 5.91 Å². The van der Waals surface area contributed by atoms with E-state index in [0.717, 1.165) is 12.8 Å². The lowest BCUT2D eigenvalue weighted by Crippen LogP contribution is -2.52. The van der Waals surface area contributed by atoms with Crippen LogP contribution in [0.3, 0.4) is 0 Å². The molecule has 0 aliphatic heterocycles. The van der Waals surface area contributed by atoms with Gasteiger partial charge in [0.1, 0.15) is 5.41 Å². The molecular formula is C11H19NO3. The van der Waals surface area contributed by atoms with E-state index >= 15 is 0 Å². The van der Waals surface area contributed by atoms with Gasteiger partial charge in [-0.05, 0) is 26.2 Å². The van der Waals surface area contributed by atoms with Crippen LogP contribution in [0.25, 0.3) is 0 Å². The summed E-state index contributed by atoms with van der Waals surface area (Å²) in [5, 5.41) is 9.12. The predicted molar refractivity (Wildman–Crippen MR) is 56.5 cm³/mol. The zero-order valence-corrected chi connectivity index (χ0v) is 9.45. The van der Waals surface area contributed by atoms with Gasteiger partial charge in [-0.3, -0.25) is 9.59 Å². The highest BCUT2D eigenvalue weighted by Crippen LogP contribution is 2.42. The maximum absolute atomic E-state index is 12.1. The molecule has 1 saturated carbocycles. The second kappa shape index (κ2) is 4.64. The van der Waals surface area contributed by atoms with E-state index in [0.29, 0.717) is 25.9 Å². The highest BCUT2D eigenvalue weighted by molar-refractivity contribution is 6.02. The van der Waals surface area contributed by atoms with Crippen molar-refractivity contribution in [1.29, 1.82) is 0 Å². The molecule has 1 amide bonds. The van der Waals surface area contributed by atoms with Gasteiger partial charge in [0, 0.05) is 13.1 Å². The number of rotatable bonds is 5. The van der Waals surface area contributed by atoms with Crippen LogP contribution < -0.4 is 0 Å². The van der Waals surface area contributed by atoms with E-state index in [1.165, 1.54) is 0 Å². The number of hydrogen-bond donors (Lipinski definition) is 1. The Balaban J connectivity index is 2.76. The van der Waals surface area contributed by atoms with Gasteiger partial charge >= 0.3 is 5.97 Å². The van der Waals surface area contributed by atoms with E-state index in [2.05, 4.69) is 0 Å². The highest BCUT2D eigenvalue weighted by Gasteiger charge is 2.52. The predicted octanol–water partition coefficient (Wildman–Crippen LogP) is 1.50.